The van der Waals surface area contributed by atoms with Gasteiger partial charge in [-0.1, -0.05) is 0 Å². The summed E-state index contributed by atoms with van der Waals surface area (Å²) >= 11 is 0. The fraction of sp³-hybridized carbons (Fsp3) is 0.429. The predicted octanol–water partition coefficient (Wildman–Crippen LogP) is 3.94. The maximum Gasteiger partial charge on any atom is 0.426 e. The lowest BCUT2D eigenvalue weighted by Gasteiger charge is -2.23. The molecule has 2 aromatic rings. The number of hydrogen-bond donors (Lipinski definition) is 0. The van der Waals surface area contributed by atoms with E-state index in [1.807, 2.05) is 0 Å². The van der Waals surface area contributed by atoms with Gasteiger partial charge in [0.15, 0.2) is 11.3 Å². The molecular weight excluding hydrogens is 301 g/mol. The Labute approximate surface area is 125 Å². The Kier molecular flexibility index (Phi) is 4.04. The SMILES string of the molecule is COc1nc(-c2ccco2)nc(OC(C)(C)C)c1C(F)(F)F. The van der Waals surface area contributed by atoms with Gasteiger partial charge in [-0.05, 0) is 32.9 Å². The molecule has 0 aromatic carbocycles. The van der Waals surface area contributed by atoms with Gasteiger partial charge in [-0.25, -0.2) is 0 Å². The van der Waals surface area contributed by atoms with Crippen LogP contribution in [0.2, 0.25) is 0 Å². The highest BCUT2D eigenvalue weighted by Gasteiger charge is 2.42. The Morgan fingerprint density at radius 3 is 2.18 bits per heavy atom. The average Bonchev–Trinajstić information content (AvgIpc) is 2.87. The lowest BCUT2D eigenvalue weighted by atomic mass is 10.2. The van der Waals surface area contributed by atoms with E-state index < -0.39 is 29.1 Å². The third-order valence-electron chi connectivity index (χ3n) is 2.46. The van der Waals surface area contributed by atoms with E-state index in [-0.39, 0.29) is 11.6 Å². The molecule has 2 heterocycles. The van der Waals surface area contributed by atoms with E-state index in [1.165, 1.54) is 12.3 Å². The molecule has 2 rings (SSSR count). The number of nitrogens with zero attached hydrogens (tertiary/aromatic N) is 2. The third-order valence-corrected chi connectivity index (χ3v) is 2.46. The molecule has 5 nitrogen and oxygen atoms in total. The van der Waals surface area contributed by atoms with Crippen molar-refractivity contribution in [1.82, 2.24) is 9.97 Å². The number of alkyl halides is 3. The van der Waals surface area contributed by atoms with Crippen molar-refractivity contribution >= 4 is 0 Å². The Morgan fingerprint density at radius 1 is 1.09 bits per heavy atom. The lowest BCUT2D eigenvalue weighted by Crippen LogP contribution is -2.26. The minimum atomic E-state index is -4.71. The number of methoxy groups -OCH3 is 1. The molecule has 0 saturated carbocycles. The molecule has 0 saturated heterocycles. The van der Waals surface area contributed by atoms with Crippen LogP contribution in [0.4, 0.5) is 13.2 Å². The molecule has 0 amide bonds. The van der Waals surface area contributed by atoms with Crippen LogP contribution in [0.25, 0.3) is 11.6 Å². The maximum atomic E-state index is 13.3. The van der Waals surface area contributed by atoms with E-state index in [2.05, 4.69) is 9.97 Å². The van der Waals surface area contributed by atoms with Crippen LogP contribution < -0.4 is 9.47 Å². The van der Waals surface area contributed by atoms with E-state index in [1.54, 1.807) is 26.8 Å². The second-order valence-electron chi connectivity index (χ2n) is 5.43. The second kappa shape index (κ2) is 5.51. The van der Waals surface area contributed by atoms with Crippen LogP contribution in [-0.2, 0) is 6.18 Å². The minimum absolute atomic E-state index is 0.0471. The summed E-state index contributed by atoms with van der Waals surface area (Å²) in [7, 11) is 1.10. The number of rotatable bonds is 3. The minimum Gasteiger partial charge on any atom is -0.480 e. The summed E-state index contributed by atoms with van der Waals surface area (Å²) in [5, 5.41) is 0. The first kappa shape index (κ1) is 16.1. The highest BCUT2D eigenvalue weighted by molar-refractivity contribution is 5.52. The first-order valence-electron chi connectivity index (χ1n) is 6.38. The Hall–Kier alpha value is -2.25. The summed E-state index contributed by atoms with van der Waals surface area (Å²) in [4.78, 5) is 7.61. The molecule has 120 valence electrons. The summed E-state index contributed by atoms with van der Waals surface area (Å²) < 4.78 is 55.1. The summed E-state index contributed by atoms with van der Waals surface area (Å²) in [6.07, 6.45) is -3.35. The summed E-state index contributed by atoms with van der Waals surface area (Å²) in [5.41, 5.74) is -2.03. The van der Waals surface area contributed by atoms with Gasteiger partial charge in [0.2, 0.25) is 17.6 Å². The molecule has 0 spiro atoms. The van der Waals surface area contributed by atoms with Crippen LogP contribution in [-0.4, -0.2) is 22.7 Å². The van der Waals surface area contributed by atoms with Crippen molar-refractivity contribution in [2.75, 3.05) is 7.11 Å². The van der Waals surface area contributed by atoms with Crippen molar-refractivity contribution in [2.45, 2.75) is 32.5 Å². The van der Waals surface area contributed by atoms with Gasteiger partial charge < -0.3 is 13.9 Å². The van der Waals surface area contributed by atoms with E-state index in [0.29, 0.717) is 0 Å². The van der Waals surface area contributed by atoms with Crippen molar-refractivity contribution in [1.29, 1.82) is 0 Å². The van der Waals surface area contributed by atoms with Crippen molar-refractivity contribution in [3.8, 4) is 23.3 Å². The number of furan rings is 1. The molecule has 0 fully saturated rings. The first-order valence-corrected chi connectivity index (χ1v) is 6.38. The Morgan fingerprint density at radius 2 is 1.73 bits per heavy atom. The molecule has 0 N–H and O–H groups in total. The van der Waals surface area contributed by atoms with Crippen LogP contribution in [0, 0.1) is 0 Å². The molecule has 0 atom stereocenters. The summed E-state index contributed by atoms with van der Waals surface area (Å²) in [6.45, 7) is 4.86. The van der Waals surface area contributed by atoms with E-state index >= 15 is 0 Å². The average molecular weight is 316 g/mol. The van der Waals surface area contributed by atoms with Gasteiger partial charge in [-0.3, -0.25) is 0 Å². The fourth-order valence-corrected chi connectivity index (χ4v) is 1.69. The summed E-state index contributed by atoms with van der Waals surface area (Å²) in [6, 6.07) is 3.11. The molecule has 0 aliphatic rings. The van der Waals surface area contributed by atoms with Crippen LogP contribution in [0.1, 0.15) is 26.3 Å². The van der Waals surface area contributed by atoms with Crippen LogP contribution >= 0.6 is 0 Å². The fourth-order valence-electron chi connectivity index (χ4n) is 1.69. The van der Waals surface area contributed by atoms with Crippen LogP contribution in [0.3, 0.4) is 0 Å². The van der Waals surface area contributed by atoms with E-state index in [9.17, 15) is 13.2 Å². The molecular formula is C14H15F3N2O3. The third kappa shape index (κ3) is 3.49. The van der Waals surface area contributed by atoms with Gasteiger partial charge in [0.25, 0.3) is 0 Å². The lowest BCUT2D eigenvalue weighted by molar-refractivity contribution is -0.141. The molecule has 22 heavy (non-hydrogen) atoms. The maximum absolute atomic E-state index is 13.3. The number of halogens is 3. The molecule has 8 heteroatoms. The van der Waals surface area contributed by atoms with Crippen molar-refractivity contribution in [2.24, 2.45) is 0 Å². The zero-order valence-corrected chi connectivity index (χ0v) is 12.5. The van der Waals surface area contributed by atoms with Crippen molar-refractivity contribution in [3.05, 3.63) is 24.0 Å². The van der Waals surface area contributed by atoms with Gasteiger partial charge >= 0.3 is 6.18 Å². The number of hydrogen-bond acceptors (Lipinski definition) is 5. The molecule has 2 aromatic heterocycles. The highest BCUT2D eigenvalue weighted by atomic mass is 19.4. The smallest absolute Gasteiger partial charge is 0.426 e. The quantitative estimate of drug-likeness (QED) is 0.858. The summed E-state index contributed by atoms with van der Waals surface area (Å²) in [5.74, 6) is -1.05. The monoisotopic (exact) mass is 316 g/mol. The van der Waals surface area contributed by atoms with Crippen LogP contribution in [0.15, 0.2) is 22.8 Å². The van der Waals surface area contributed by atoms with Gasteiger partial charge in [0.1, 0.15) is 5.60 Å². The Balaban J connectivity index is 2.67. The first-order chi connectivity index (χ1) is 10.1. The predicted molar refractivity (Wildman–Crippen MR) is 71.7 cm³/mol. The molecule has 0 aliphatic carbocycles. The van der Waals surface area contributed by atoms with Crippen molar-refractivity contribution < 1.29 is 27.1 Å². The largest absolute Gasteiger partial charge is 0.480 e. The molecule has 0 radical (unpaired) electrons. The second-order valence-corrected chi connectivity index (χ2v) is 5.43. The molecule has 0 bridgehead atoms. The molecule has 0 unspecified atom stereocenters. The van der Waals surface area contributed by atoms with Gasteiger partial charge in [-0.2, -0.15) is 23.1 Å². The Bertz CT molecular complexity index is 647. The normalized spacial score (nSPS) is 12.3. The van der Waals surface area contributed by atoms with Gasteiger partial charge in [-0.15, -0.1) is 0 Å². The topological polar surface area (TPSA) is 57.4 Å². The number of aromatic nitrogens is 2. The van der Waals surface area contributed by atoms with E-state index in [0.717, 1.165) is 7.11 Å². The van der Waals surface area contributed by atoms with E-state index in [4.69, 9.17) is 13.9 Å². The van der Waals surface area contributed by atoms with Crippen LogP contribution in [0.5, 0.6) is 11.8 Å². The molecule has 0 aliphatic heterocycles. The van der Waals surface area contributed by atoms with Gasteiger partial charge in [0.05, 0.1) is 13.4 Å². The number of ether oxygens (including phenoxy) is 2. The zero-order chi connectivity index (χ0) is 16.5. The highest BCUT2D eigenvalue weighted by Crippen LogP contribution is 2.42. The van der Waals surface area contributed by atoms with Crippen molar-refractivity contribution in [3.63, 3.8) is 0 Å². The van der Waals surface area contributed by atoms with Gasteiger partial charge in [0, 0.05) is 0 Å². The standard InChI is InChI=1S/C14H15F3N2O3/c1-13(2,3)22-12-9(14(15,16)17)11(20-4)18-10(19-12)8-6-5-7-21-8/h5-7H,1-4H3. The zero-order valence-electron chi connectivity index (χ0n) is 12.5.